The highest BCUT2D eigenvalue weighted by atomic mass is 19.1. The number of rotatable bonds is 3. The Labute approximate surface area is 110 Å². The van der Waals surface area contributed by atoms with Crippen molar-refractivity contribution < 1.29 is 4.39 Å². The van der Waals surface area contributed by atoms with Crippen LogP contribution in [0.3, 0.4) is 0 Å². The maximum absolute atomic E-state index is 12.8. The summed E-state index contributed by atoms with van der Waals surface area (Å²) in [6, 6.07) is 16.1. The van der Waals surface area contributed by atoms with Gasteiger partial charge < -0.3 is 5.32 Å². The number of benzene rings is 2. The minimum atomic E-state index is -0.652. The van der Waals surface area contributed by atoms with Gasteiger partial charge in [0, 0.05) is 11.3 Å². The van der Waals surface area contributed by atoms with Crippen LogP contribution in [0.2, 0.25) is 0 Å². The summed E-state index contributed by atoms with van der Waals surface area (Å²) in [5, 5.41) is 21.2. The van der Waals surface area contributed by atoms with Gasteiger partial charge >= 0.3 is 0 Å². The van der Waals surface area contributed by atoms with Crippen LogP contribution in [0.1, 0.15) is 17.2 Å². The molecule has 2 aromatic carbocycles. The van der Waals surface area contributed by atoms with Crippen LogP contribution < -0.4 is 5.32 Å². The molecular weight excluding hydrogens is 241 g/mol. The Morgan fingerprint density at radius 3 is 2.32 bits per heavy atom. The summed E-state index contributed by atoms with van der Waals surface area (Å²) in [6.45, 7) is 0. The molecule has 0 saturated heterocycles. The SMILES string of the molecule is N#Cc1ccccc1C(C#N)Nc1ccc(F)cc1. The van der Waals surface area contributed by atoms with Crippen molar-refractivity contribution in [3.8, 4) is 12.1 Å². The molecule has 0 saturated carbocycles. The molecule has 3 nitrogen and oxygen atoms in total. The van der Waals surface area contributed by atoms with Crippen molar-refractivity contribution in [3.05, 3.63) is 65.5 Å². The summed E-state index contributed by atoms with van der Waals surface area (Å²) in [6.07, 6.45) is 0. The van der Waals surface area contributed by atoms with E-state index in [4.69, 9.17) is 5.26 Å². The molecule has 19 heavy (non-hydrogen) atoms. The van der Waals surface area contributed by atoms with Gasteiger partial charge in [-0.2, -0.15) is 10.5 Å². The predicted molar refractivity (Wildman–Crippen MR) is 69.5 cm³/mol. The predicted octanol–water partition coefficient (Wildman–Crippen LogP) is 3.37. The number of halogens is 1. The van der Waals surface area contributed by atoms with Gasteiger partial charge in [0.05, 0.1) is 17.7 Å². The molecule has 0 aromatic heterocycles. The maximum atomic E-state index is 12.8. The van der Waals surface area contributed by atoms with E-state index in [-0.39, 0.29) is 5.82 Å². The molecule has 1 atom stereocenters. The van der Waals surface area contributed by atoms with Crippen molar-refractivity contribution >= 4 is 5.69 Å². The monoisotopic (exact) mass is 251 g/mol. The van der Waals surface area contributed by atoms with Gasteiger partial charge in [0.25, 0.3) is 0 Å². The van der Waals surface area contributed by atoms with E-state index in [1.165, 1.54) is 12.1 Å². The third kappa shape index (κ3) is 2.88. The van der Waals surface area contributed by atoms with Gasteiger partial charge in [0.1, 0.15) is 11.9 Å². The first-order valence-corrected chi connectivity index (χ1v) is 5.65. The Bertz CT molecular complexity index is 650. The second kappa shape index (κ2) is 5.66. The molecule has 0 aliphatic rings. The number of hydrogen-bond donors (Lipinski definition) is 1. The first-order valence-electron chi connectivity index (χ1n) is 5.65. The highest BCUT2D eigenvalue weighted by Gasteiger charge is 2.14. The Morgan fingerprint density at radius 2 is 1.68 bits per heavy atom. The van der Waals surface area contributed by atoms with Crippen molar-refractivity contribution in [1.29, 1.82) is 10.5 Å². The molecule has 1 N–H and O–H groups in total. The molecule has 0 spiro atoms. The van der Waals surface area contributed by atoms with Gasteiger partial charge in [-0.25, -0.2) is 4.39 Å². The van der Waals surface area contributed by atoms with Crippen LogP contribution in [-0.2, 0) is 0 Å². The van der Waals surface area contributed by atoms with Gasteiger partial charge in [0.15, 0.2) is 0 Å². The highest BCUT2D eigenvalue weighted by molar-refractivity contribution is 5.50. The van der Waals surface area contributed by atoms with E-state index in [0.717, 1.165) is 0 Å². The van der Waals surface area contributed by atoms with E-state index in [1.807, 2.05) is 0 Å². The van der Waals surface area contributed by atoms with Gasteiger partial charge in [-0.15, -0.1) is 0 Å². The molecule has 2 rings (SSSR count). The van der Waals surface area contributed by atoms with Crippen LogP contribution in [0, 0.1) is 28.5 Å². The number of nitrogens with one attached hydrogen (secondary N) is 1. The maximum Gasteiger partial charge on any atom is 0.141 e. The number of nitriles is 2. The number of anilines is 1. The Morgan fingerprint density at radius 1 is 1.00 bits per heavy atom. The molecule has 1 unspecified atom stereocenters. The molecule has 0 radical (unpaired) electrons. The first kappa shape index (κ1) is 12.6. The lowest BCUT2D eigenvalue weighted by molar-refractivity contribution is 0.628. The van der Waals surface area contributed by atoms with Crippen LogP contribution in [0.25, 0.3) is 0 Å². The average Bonchev–Trinajstić information content (AvgIpc) is 2.46. The Hall–Kier alpha value is -2.85. The van der Waals surface area contributed by atoms with Gasteiger partial charge in [-0.05, 0) is 30.3 Å². The average molecular weight is 251 g/mol. The summed E-state index contributed by atoms with van der Waals surface area (Å²) >= 11 is 0. The van der Waals surface area contributed by atoms with Crippen LogP contribution in [-0.4, -0.2) is 0 Å². The first-order chi connectivity index (χ1) is 9.24. The zero-order valence-electron chi connectivity index (χ0n) is 9.97. The van der Waals surface area contributed by atoms with Crippen LogP contribution >= 0.6 is 0 Å². The van der Waals surface area contributed by atoms with Crippen molar-refractivity contribution in [2.75, 3.05) is 5.32 Å². The summed E-state index contributed by atoms with van der Waals surface area (Å²) in [5.74, 6) is -0.337. The van der Waals surface area contributed by atoms with Crippen molar-refractivity contribution in [2.45, 2.75) is 6.04 Å². The zero-order valence-corrected chi connectivity index (χ0v) is 9.97. The second-order valence-corrected chi connectivity index (χ2v) is 3.91. The fourth-order valence-corrected chi connectivity index (χ4v) is 1.74. The Balaban J connectivity index is 2.29. The molecule has 92 valence electrons. The van der Waals surface area contributed by atoms with E-state index >= 15 is 0 Å². The van der Waals surface area contributed by atoms with Crippen molar-refractivity contribution in [1.82, 2.24) is 0 Å². The molecule has 0 heterocycles. The zero-order chi connectivity index (χ0) is 13.7. The minimum absolute atomic E-state index is 0.337. The summed E-state index contributed by atoms with van der Waals surface area (Å²) in [5.41, 5.74) is 1.68. The third-order valence-electron chi connectivity index (χ3n) is 2.68. The molecule has 0 aliphatic heterocycles. The van der Waals surface area contributed by atoms with Gasteiger partial charge in [0.2, 0.25) is 0 Å². The van der Waals surface area contributed by atoms with Crippen LogP contribution in [0.4, 0.5) is 10.1 Å². The summed E-state index contributed by atoms with van der Waals surface area (Å²) < 4.78 is 12.8. The van der Waals surface area contributed by atoms with E-state index in [2.05, 4.69) is 17.5 Å². The minimum Gasteiger partial charge on any atom is -0.366 e. The number of hydrogen-bond acceptors (Lipinski definition) is 3. The molecule has 0 fully saturated rings. The highest BCUT2D eigenvalue weighted by Crippen LogP contribution is 2.22. The number of nitrogens with zero attached hydrogens (tertiary/aromatic N) is 2. The second-order valence-electron chi connectivity index (χ2n) is 3.91. The van der Waals surface area contributed by atoms with Gasteiger partial charge in [-0.1, -0.05) is 18.2 Å². The molecule has 0 aliphatic carbocycles. The van der Waals surface area contributed by atoms with Crippen LogP contribution in [0.5, 0.6) is 0 Å². The standard InChI is InChI=1S/C15H10FN3/c16-12-5-7-13(8-6-12)19-15(10-18)14-4-2-1-3-11(14)9-17/h1-8,15,19H. The lowest BCUT2D eigenvalue weighted by atomic mass is 10.0. The molecular formula is C15H10FN3. The molecule has 0 bridgehead atoms. The third-order valence-corrected chi connectivity index (χ3v) is 2.68. The van der Waals surface area contributed by atoms with E-state index in [0.29, 0.717) is 16.8 Å². The fraction of sp³-hybridized carbons (Fsp3) is 0.0667. The quantitative estimate of drug-likeness (QED) is 0.909. The smallest absolute Gasteiger partial charge is 0.141 e. The van der Waals surface area contributed by atoms with Crippen LogP contribution in [0.15, 0.2) is 48.5 Å². The molecule has 2 aromatic rings. The Kier molecular flexibility index (Phi) is 3.75. The normalized spacial score (nSPS) is 11.1. The topological polar surface area (TPSA) is 59.6 Å². The molecule has 4 heteroatoms. The fourth-order valence-electron chi connectivity index (χ4n) is 1.74. The van der Waals surface area contributed by atoms with Crippen molar-refractivity contribution in [2.24, 2.45) is 0 Å². The largest absolute Gasteiger partial charge is 0.366 e. The lowest BCUT2D eigenvalue weighted by Gasteiger charge is -2.14. The summed E-state index contributed by atoms with van der Waals surface area (Å²) in [4.78, 5) is 0. The van der Waals surface area contributed by atoms with E-state index in [1.54, 1.807) is 36.4 Å². The molecule has 0 amide bonds. The van der Waals surface area contributed by atoms with E-state index < -0.39 is 6.04 Å². The van der Waals surface area contributed by atoms with Crippen molar-refractivity contribution in [3.63, 3.8) is 0 Å². The summed E-state index contributed by atoms with van der Waals surface area (Å²) in [7, 11) is 0. The lowest BCUT2D eigenvalue weighted by Crippen LogP contribution is -2.10. The van der Waals surface area contributed by atoms with E-state index in [9.17, 15) is 9.65 Å². The van der Waals surface area contributed by atoms with Gasteiger partial charge in [-0.3, -0.25) is 0 Å².